The van der Waals surface area contributed by atoms with Gasteiger partial charge < -0.3 is 10.6 Å². The summed E-state index contributed by atoms with van der Waals surface area (Å²) in [5.41, 5.74) is -0.366. The van der Waals surface area contributed by atoms with Crippen LogP contribution in [0, 0.1) is 5.82 Å². The third-order valence-corrected chi connectivity index (χ3v) is 5.10. The van der Waals surface area contributed by atoms with E-state index < -0.39 is 11.5 Å². The molecule has 1 aliphatic heterocycles. The lowest BCUT2D eigenvalue weighted by Crippen LogP contribution is -2.48. The summed E-state index contributed by atoms with van der Waals surface area (Å²) in [7, 11) is 0. The third kappa shape index (κ3) is 2.59. The fraction of sp³-hybridized carbons (Fsp3) is 0.353. The summed E-state index contributed by atoms with van der Waals surface area (Å²) in [5.74, 6) is -0.846. The van der Waals surface area contributed by atoms with Crippen LogP contribution in [0.3, 0.4) is 0 Å². The second-order valence-corrected chi connectivity index (χ2v) is 6.87. The zero-order chi connectivity index (χ0) is 17.6. The van der Waals surface area contributed by atoms with Gasteiger partial charge in [0.1, 0.15) is 22.9 Å². The lowest BCUT2D eigenvalue weighted by atomic mass is 9.89. The minimum Gasteiger partial charge on any atom is -0.350 e. The number of nitrogens with zero attached hydrogens (tertiary/aromatic N) is 2. The predicted molar refractivity (Wildman–Crippen MR) is 91.7 cm³/mol. The highest BCUT2D eigenvalue weighted by atomic mass is 35.5. The zero-order valence-electron chi connectivity index (χ0n) is 13.3. The molecular weight excluding hydrogens is 347 g/mol. The normalized spacial score (nSPS) is 18.1. The summed E-state index contributed by atoms with van der Waals surface area (Å²) in [6.07, 6.45) is 6.79. The molecule has 0 saturated heterocycles. The van der Waals surface area contributed by atoms with Gasteiger partial charge in [-0.25, -0.2) is 4.39 Å². The van der Waals surface area contributed by atoms with Crippen LogP contribution in [0.25, 0.3) is 0 Å². The molecule has 25 heavy (non-hydrogen) atoms. The first-order valence-corrected chi connectivity index (χ1v) is 8.54. The van der Waals surface area contributed by atoms with E-state index in [4.69, 9.17) is 11.6 Å². The van der Waals surface area contributed by atoms with Gasteiger partial charge in [0, 0.05) is 6.07 Å². The summed E-state index contributed by atoms with van der Waals surface area (Å²) in [6, 6.07) is 2.64. The Morgan fingerprint density at radius 2 is 1.96 bits per heavy atom. The highest BCUT2D eigenvalue weighted by Crippen LogP contribution is 2.38. The fourth-order valence-electron chi connectivity index (χ4n) is 3.74. The summed E-state index contributed by atoms with van der Waals surface area (Å²) in [4.78, 5) is 29.2. The molecule has 6 nitrogen and oxygen atoms in total. The number of fused-ring (bicyclic) bond motifs is 2. The molecule has 2 aliphatic rings. The van der Waals surface area contributed by atoms with Crippen LogP contribution >= 0.6 is 11.6 Å². The topological polar surface area (TPSA) is 76.0 Å². The first-order chi connectivity index (χ1) is 12.0. The molecule has 8 heteroatoms. The molecule has 3 heterocycles. The van der Waals surface area contributed by atoms with Crippen molar-refractivity contribution in [3.63, 3.8) is 0 Å². The number of pyridine rings is 2. The first kappa shape index (κ1) is 16.1. The lowest BCUT2D eigenvalue weighted by Gasteiger charge is -2.35. The number of rotatable bonds is 2. The minimum atomic E-state index is -0.719. The molecule has 0 atom stereocenters. The molecular formula is C17H16ClFN4O2. The van der Waals surface area contributed by atoms with E-state index in [0.717, 1.165) is 25.5 Å². The average molecular weight is 363 g/mol. The van der Waals surface area contributed by atoms with Crippen LogP contribution in [-0.2, 0) is 5.66 Å². The Labute approximate surface area is 148 Å². The number of aromatic nitrogens is 2. The van der Waals surface area contributed by atoms with Gasteiger partial charge in [0.25, 0.3) is 11.5 Å². The molecule has 2 N–H and O–H groups in total. The van der Waals surface area contributed by atoms with E-state index in [1.807, 2.05) is 0 Å². The van der Waals surface area contributed by atoms with Gasteiger partial charge >= 0.3 is 0 Å². The predicted octanol–water partition coefficient (Wildman–Crippen LogP) is 3.14. The Morgan fingerprint density at radius 3 is 2.68 bits per heavy atom. The maximum absolute atomic E-state index is 13.3. The van der Waals surface area contributed by atoms with Crippen molar-refractivity contribution in [1.29, 1.82) is 0 Å². The van der Waals surface area contributed by atoms with Crippen molar-refractivity contribution in [2.24, 2.45) is 0 Å². The zero-order valence-corrected chi connectivity index (χ0v) is 14.1. The molecule has 2 aromatic heterocycles. The molecule has 0 aromatic carbocycles. The van der Waals surface area contributed by atoms with E-state index in [1.165, 1.54) is 22.9 Å². The second kappa shape index (κ2) is 5.84. The summed E-state index contributed by atoms with van der Waals surface area (Å²) < 4.78 is 14.8. The maximum atomic E-state index is 13.3. The Hall–Kier alpha value is -2.41. The largest absolute Gasteiger partial charge is 0.350 e. The van der Waals surface area contributed by atoms with Crippen LogP contribution < -0.4 is 16.2 Å². The number of carbonyl (C=O) groups is 1. The molecule has 2 aromatic rings. The molecule has 0 bridgehead atoms. The van der Waals surface area contributed by atoms with Gasteiger partial charge in [0.05, 0.1) is 23.1 Å². The Kier molecular flexibility index (Phi) is 3.76. The Morgan fingerprint density at radius 1 is 1.20 bits per heavy atom. The Balaban J connectivity index is 1.84. The van der Waals surface area contributed by atoms with Gasteiger partial charge in [-0.05, 0) is 31.7 Å². The van der Waals surface area contributed by atoms with E-state index >= 15 is 0 Å². The minimum absolute atomic E-state index is 0.183. The van der Waals surface area contributed by atoms with E-state index in [0.29, 0.717) is 18.5 Å². The molecule has 0 unspecified atom stereocenters. The van der Waals surface area contributed by atoms with Crippen molar-refractivity contribution in [3.05, 3.63) is 51.4 Å². The molecule has 0 radical (unpaired) electrons. The van der Waals surface area contributed by atoms with Gasteiger partial charge in [-0.3, -0.25) is 19.1 Å². The van der Waals surface area contributed by atoms with E-state index in [9.17, 15) is 14.0 Å². The number of hydrogen-bond donors (Lipinski definition) is 2. The van der Waals surface area contributed by atoms with E-state index in [-0.39, 0.29) is 27.9 Å². The number of halogens is 2. The SMILES string of the molecule is O=C1NC2(CCCCC2)n2c1c(Cl)cc(Nc1cncc(F)c1)c2=O. The number of anilines is 2. The van der Waals surface area contributed by atoms with Gasteiger partial charge in [-0.1, -0.05) is 18.0 Å². The van der Waals surface area contributed by atoms with Gasteiger partial charge in [0.2, 0.25) is 0 Å². The molecule has 1 fully saturated rings. The maximum Gasteiger partial charge on any atom is 0.276 e. The Bertz CT molecular complexity index is 921. The molecule has 1 amide bonds. The van der Waals surface area contributed by atoms with Crippen LogP contribution in [-0.4, -0.2) is 15.5 Å². The van der Waals surface area contributed by atoms with E-state index in [1.54, 1.807) is 0 Å². The molecule has 130 valence electrons. The average Bonchev–Trinajstić information content (AvgIpc) is 2.85. The van der Waals surface area contributed by atoms with Gasteiger partial charge in [-0.2, -0.15) is 0 Å². The van der Waals surface area contributed by atoms with Crippen LogP contribution in [0.2, 0.25) is 5.02 Å². The van der Waals surface area contributed by atoms with Crippen molar-refractivity contribution >= 4 is 28.9 Å². The standard InChI is InChI=1S/C17H16ClFN4O2/c18-12-7-13(21-11-6-10(19)8-20-9-11)16(25)23-14(12)15(24)22-17(23)4-2-1-3-5-17/h6-9,21H,1-5H2,(H,22,24). The summed E-state index contributed by atoms with van der Waals surface area (Å²) in [6.45, 7) is 0. The molecule has 4 rings (SSSR count). The van der Waals surface area contributed by atoms with Gasteiger partial charge in [0.15, 0.2) is 0 Å². The van der Waals surface area contributed by atoms with E-state index in [2.05, 4.69) is 15.6 Å². The van der Waals surface area contributed by atoms with Crippen molar-refractivity contribution in [3.8, 4) is 0 Å². The third-order valence-electron chi connectivity index (χ3n) is 4.81. The number of hydrogen-bond acceptors (Lipinski definition) is 4. The second-order valence-electron chi connectivity index (χ2n) is 6.46. The van der Waals surface area contributed by atoms with Crippen LogP contribution in [0.5, 0.6) is 0 Å². The monoisotopic (exact) mass is 362 g/mol. The smallest absolute Gasteiger partial charge is 0.276 e. The first-order valence-electron chi connectivity index (χ1n) is 8.16. The van der Waals surface area contributed by atoms with Crippen molar-refractivity contribution in [2.75, 3.05) is 5.32 Å². The van der Waals surface area contributed by atoms with Crippen LogP contribution in [0.1, 0.15) is 42.6 Å². The quantitative estimate of drug-likeness (QED) is 0.860. The molecule has 1 aliphatic carbocycles. The van der Waals surface area contributed by atoms with Crippen LogP contribution in [0.15, 0.2) is 29.3 Å². The number of nitrogens with one attached hydrogen (secondary N) is 2. The highest BCUT2D eigenvalue weighted by molar-refractivity contribution is 6.34. The fourth-order valence-corrected chi connectivity index (χ4v) is 4.02. The number of carbonyl (C=O) groups excluding carboxylic acids is 1. The summed E-state index contributed by atoms with van der Waals surface area (Å²) in [5, 5.41) is 6.00. The molecule has 1 spiro atoms. The van der Waals surface area contributed by atoms with Crippen molar-refractivity contribution < 1.29 is 9.18 Å². The molecule has 1 saturated carbocycles. The van der Waals surface area contributed by atoms with Gasteiger partial charge in [-0.15, -0.1) is 0 Å². The lowest BCUT2D eigenvalue weighted by molar-refractivity contribution is 0.0877. The summed E-state index contributed by atoms with van der Waals surface area (Å²) >= 11 is 6.29. The van der Waals surface area contributed by atoms with Crippen molar-refractivity contribution in [1.82, 2.24) is 14.9 Å². The number of amides is 1. The van der Waals surface area contributed by atoms with Crippen LogP contribution in [0.4, 0.5) is 15.8 Å². The highest BCUT2D eigenvalue weighted by Gasteiger charge is 2.45. The van der Waals surface area contributed by atoms with Crippen molar-refractivity contribution in [2.45, 2.75) is 37.8 Å².